The number of benzene rings is 2. The van der Waals surface area contributed by atoms with Crippen molar-refractivity contribution in [3.05, 3.63) is 71.3 Å². The fourth-order valence-corrected chi connectivity index (χ4v) is 2.79. The maximum Gasteiger partial charge on any atom is 0.225 e. The van der Waals surface area contributed by atoms with Crippen molar-refractivity contribution in [2.24, 2.45) is 5.41 Å². The van der Waals surface area contributed by atoms with Crippen molar-refractivity contribution in [2.75, 3.05) is 0 Å². The van der Waals surface area contributed by atoms with Crippen molar-refractivity contribution in [1.82, 2.24) is 5.32 Å². The minimum atomic E-state index is -0.376. The lowest BCUT2D eigenvalue weighted by atomic mass is 9.85. The quantitative estimate of drug-likeness (QED) is 0.835. The summed E-state index contributed by atoms with van der Waals surface area (Å²) in [6.07, 6.45) is 0.913. The Labute approximate surface area is 146 Å². The van der Waals surface area contributed by atoms with Gasteiger partial charge in [0, 0.05) is 17.4 Å². The van der Waals surface area contributed by atoms with E-state index in [1.807, 2.05) is 26.8 Å². The van der Waals surface area contributed by atoms with Crippen LogP contribution in [-0.4, -0.2) is 11.9 Å². The third kappa shape index (κ3) is 4.95. The van der Waals surface area contributed by atoms with Gasteiger partial charge in [0.05, 0.1) is 0 Å². The highest BCUT2D eigenvalue weighted by Gasteiger charge is 2.27. The molecule has 0 aliphatic carbocycles. The van der Waals surface area contributed by atoms with Crippen molar-refractivity contribution >= 4 is 5.91 Å². The van der Waals surface area contributed by atoms with Gasteiger partial charge in [-0.05, 0) is 31.4 Å². The summed E-state index contributed by atoms with van der Waals surface area (Å²) in [5.41, 5.74) is 3.45. The number of amides is 1. The van der Waals surface area contributed by atoms with Crippen LogP contribution in [0.15, 0.2) is 54.6 Å². The molecule has 2 atom stereocenters. The molecule has 1 N–H and O–H groups in total. The minimum absolute atomic E-state index is 0.0698. The molecule has 2 nitrogen and oxygen atoms in total. The first-order valence-electron chi connectivity index (χ1n) is 8.69. The molecular formula is C22H29NO. The largest absolute Gasteiger partial charge is 0.353 e. The standard InChI is InChI=1S/C22H29NO/c1-16-11-13-18(14-12-16)15-20(19-9-7-6-8-10-19)17(2)23-21(24)22(3,4)5/h6-14,17,20H,15H2,1-5H3,(H,23,24). The van der Waals surface area contributed by atoms with Gasteiger partial charge in [0.1, 0.15) is 0 Å². The second-order valence-corrected chi connectivity index (χ2v) is 7.72. The van der Waals surface area contributed by atoms with Crippen LogP contribution in [0.2, 0.25) is 0 Å². The third-order valence-electron chi connectivity index (χ3n) is 4.45. The van der Waals surface area contributed by atoms with Gasteiger partial charge in [-0.1, -0.05) is 80.9 Å². The van der Waals surface area contributed by atoms with E-state index < -0.39 is 0 Å². The van der Waals surface area contributed by atoms with Gasteiger partial charge < -0.3 is 5.32 Å². The molecule has 0 aliphatic rings. The Balaban J connectivity index is 2.23. The van der Waals surface area contributed by atoms with Crippen LogP contribution in [0, 0.1) is 12.3 Å². The van der Waals surface area contributed by atoms with E-state index in [1.165, 1.54) is 16.7 Å². The molecule has 24 heavy (non-hydrogen) atoms. The highest BCUT2D eigenvalue weighted by molar-refractivity contribution is 5.81. The molecule has 0 heterocycles. The predicted molar refractivity (Wildman–Crippen MR) is 101 cm³/mol. The van der Waals surface area contributed by atoms with Crippen LogP contribution in [0.4, 0.5) is 0 Å². The molecule has 0 fully saturated rings. The van der Waals surface area contributed by atoms with E-state index in [9.17, 15) is 4.79 Å². The molecule has 2 aromatic rings. The first-order valence-corrected chi connectivity index (χ1v) is 8.69. The van der Waals surface area contributed by atoms with Crippen LogP contribution in [0.3, 0.4) is 0 Å². The molecule has 1 amide bonds. The average molecular weight is 323 g/mol. The number of carbonyl (C=O) groups is 1. The molecule has 0 aliphatic heterocycles. The number of carbonyl (C=O) groups excluding carboxylic acids is 1. The summed E-state index contributed by atoms with van der Waals surface area (Å²) in [6, 6.07) is 19.2. The number of aryl methyl sites for hydroxylation is 1. The topological polar surface area (TPSA) is 29.1 Å². The van der Waals surface area contributed by atoms with E-state index in [1.54, 1.807) is 0 Å². The third-order valence-corrected chi connectivity index (χ3v) is 4.45. The monoisotopic (exact) mass is 323 g/mol. The summed E-state index contributed by atoms with van der Waals surface area (Å²) in [7, 11) is 0. The smallest absolute Gasteiger partial charge is 0.225 e. The van der Waals surface area contributed by atoms with Crippen LogP contribution >= 0.6 is 0 Å². The fraction of sp³-hybridized carbons (Fsp3) is 0.409. The minimum Gasteiger partial charge on any atom is -0.353 e. The Bertz CT molecular complexity index is 653. The Morgan fingerprint density at radius 3 is 2.12 bits per heavy atom. The Morgan fingerprint density at radius 1 is 1.00 bits per heavy atom. The molecular weight excluding hydrogens is 294 g/mol. The summed E-state index contributed by atoms with van der Waals surface area (Å²) in [5.74, 6) is 0.347. The molecule has 0 aromatic heterocycles. The van der Waals surface area contributed by atoms with Crippen LogP contribution in [0.1, 0.15) is 50.3 Å². The first-order chi connectivity index (χ1) is 11.3. The van der Waals surface area contributed by atoms with Gasteiger partial charge in [-0.3, -0.25) is 4.79 Å². The zero-order valence-corrected chi connectivity index (χ0v) is 15.5. The zero-order valence-electron chi connectivity index (χ0n) is 15.5. The molecule has 0 spiro atoms. The van der Waals surface area contributed by atoms with Crippen LogP contribution < -0.4 is 5.32 Å². The first kappa shape index (κ1) is 18.3. The van der Waals surface area contributed by atoms with Crippen molar-refractivity contribution in [3.63, 3.8) is 0 Å². The van der Waals surface area contributed by atoms with Crippen molar-refractivity contribution < 1.29 is 4.79 Å². The number of hydrogen-bond donors (Lipinski definition) is 1. The SMILES string of the molecule is Cc1ccc(CC(c2ccccc2)C(C)NC(=O)C(C)(C)C)cc1. The summed E-state index contributed by atoms with van der Waals surface area (Å²) < 4.78 is 0. The van der Waals surface area contributed by atoms with E-state index in [4.69, 9.17) is 0 Å². The van der Waals surface area contributed by atoms with Gasteiger partial charge in [-0.25, -0.2) is 0 Å². The van der Waals surface area contributed by atoms with Gasteiger partial charge in [-0.2, -0.15) is 0 Å². The zero-order chi connectivity index (χ0) is 17.7. The Hall–Kier alpha value is -2.09. The van der Waals surface area contributed by atoms with Crippen LogP contribution in [0.5, 0.6) is 0 Å². The average Bonchev–Trinajstić information content (AvgIpc) is 2.54. The van der Waals surface area contributed by atoms with E-state index in [2.05, 4.69) is 67.7 Å². The maximum absolute atomic E-state index is 12.4. The summed E-state index contributed by atoms with van der Waals surface area (Å²) in [6.45, 7) is 10.1. The molecule has 0 saturated heterocycles. The summed E-state index contributed by atoms with van der Waals surface area (Å²) in [4.78, 5) is 12.4. The van der Waals surface area contributed by atoms with Crippen molar-refractivity contribution in [1.29, 1.82) is 0 Å². The summed E-state index contributed by atoms with van der Waals surface area (Å²) in [5, 5.41) is 3.21. The van der Waals surface area contributed by atoms with Gasteiger partial charge >= 0.3 is 0 Å². The summed E-state index contributed by atoms with van der Waals surface area (Å²) >= 11 is 0. The second kappa shape index (κ2) is 7.65. The molecule has 0 saturated carbocycles. The van der Waals surface area contributed by atoms with E-state index in [0.29, 0.717) is 0 Å². The predicted octanol–water partition coefficient (Wildman–Crippen LogP) is 4.87. The van der Waals surface area contributed by atoms with Gasteiger partial charge in [0.15, 0.2) is 0 Å². The number of hydrogen-bond acceptors (Lipinski definition) is 1. The van der Waals surface area contributed by atoms with E-state index >= 15 is 0 Å². The molecule has 128 valence electrons. The number of rotatable bonds is 5. The number of nitrogens with one attached hydrogen (secondary N) is 1. The van der Waals surface area contributed by atoms with Crippen molar-refractivity contribution in [2.45, 2.75) is 53.0 Å². The van der Waals surface area contributed by atoms with Gasteiger partial charge in [0.2, 0.25) is 5.91 Å². The van der Waals surface area contributed by atoms with E-state index in [-0.39, 0.29) is 23.3 Å². The Morgan fingerprint density at radius 2 is 1.58 bits per heavy atom. The molecule has 0 bridgehead atoms. The maximum atomic E-state index is 12.4. The fourth-order valence-electron chi connectivity index (χ4n) is 2.79. The van der Waals surface area contributed by atoms with Crippen LogP contribution in [-0.2, 0) is 11.2 Å². The van der Waals surface area contributed by atoms with Gasteiger partial charge in [-0.15, -0.1) is 0 Å². The molecule has 2 heteroatoms. The molecule has 2 aromatic carbocycles. The lowest BCUT2D eigenvalue weighted by Gasteiger charge is -2.29. The molecule has 2 rings (SSSR count). The van der Waals surface area contributed by atoms with Crippen LogP contribution in [0.25, 0.3) is 0 Å². The lowest BCUT2D eigenvalue weighted by molar-refractivity contribution is -0.129. The van der Waals surface area contributed by atoms with E-state index in [0.717, 1.165) is 6.42 Å². The second-order valence-electron chi connectivity index (χ2n) is 7.72. The molecule has 2 unspecified atom stereocenters. The lowest BCUT2D eigenvalue weighted by Crippen LogP contribution is -2.43. The Kier molecular flexibility index (Phi) is 5.82. The van der Waals surface area contributed by atoms with Crippen molar-refractivity contribution in [3.8, 4) is 0 Å². The molecule has 0 radical (unpaired) electrons. The highest BCUT2D eigenvalue weighted by Crippen LogP contribution is 2.26. The normalized spacial score (nSPS) is 14.0. The highest BCUT2D eigenvalue weighted by atomic mass is 16.2. The van der Waals surface area contributed by atoms with Gasteiger partial charge in [0.25, 0.3) is 0 Å².